The molecule has 3 aromatic rings. The van der Waals surface area contributed by atoms with Crippen molar-refractivity contribution in [3.8, 4) is 17.0 Å². The zero-order chi connectivity index (χ0) is 20.0. The molecule has 5 rings (SSSR count). The lowest BCUT2D eigenvalue weighted by Gasteiger charge is -2.29. The second-order valence-corrected chi connectivity index (χ2v) is 8.07. The van der Waals surface area contributed by atoms with Gasteiger partial charge in [-0.15, -0.1) is 10.2 Å². The number of anilines is 1. The molecule has 1 aliphatic heterocycles. The molecule has 8 heteroatoms. The number of amides is 1. The number of benzene rings is 1. The summed E-state index contributed by atoms with van der Waals surface area (Å²) in [5.74, 6) is 0.736. The predicted octanol–water partition coefficient (Wildman–Crippen LogP) is 2.81. The largest absolute Gasteiger partial charge is 0.507 e. The van der Waals surface area contributed by atoms with Crippen LogP contribution in [0, 0.1) is 5.92 Å². The van der Waals surface area contributed by atoms with Crippen molar-refractivity contribution in [2.45, 2.75) is 31.7 Å². The molecule has 1 saturated carbocycles. The number of hydrogen-bond acceptors (Lipinski definition) is 6. The highest BCUT2D eigenvalue weighted by Gasteiger charge is 2.31. The van der Waals surface area contributed by atoms with Gasteiger partial charge in [-0.05, 0) is 64.0 Å². The first-order valence-electron chi connectivity index (χ1n) is 10.1. The monoisotopic (exact) mass is 392 g/mol. The van der Waals surface area contributed by atoms with Crippen LogP contribution in [0.4, 0.5) is 5.82 Å². The van der Waals surface area contributed by atoms with Gasteiger partial charge in [0.15, 0.2) is 11.3 Å². The number of para-hydroxylation sites is 1. The van der Waals surface area contributed by atoms with Gasteiger partial charge in [0.25, 0.3) is 0 Å². The zero-order valence-corrected chi connectivity index (χ0v) is 16.4. The van der Waals surface area contributed by atoms with E-state index < -0.39 is 0 Å². The maximum absolute atomic E-state index is 12.3. The van der Waals surface area contributed by atoms with Crippen molar-refractivity contribution in [2.24, 2.45) is 5.92 Å². The van der Waals surface area contributed by atoms with Crippen LogP contribution in [0.3, 0.4) is 0 Å². The van der Waals surface area contributed by atoms with Gasteiger partial charge in [-0.2, -0.15) is 5.10 Å². The van der Waals surface area contributed by atoms with E-state index in [0.29, 0.717) is 22.6 Å². The Morgan fingerprint density at radius 1 is 1.14 bits per heavy atom. The molecule has 3 heterocycles. The highest BCUT2D eigenvalue weighted by molar-refractivity contribution is 6.00. The molecule has 0 bridgehead atoms. The topological polar surface area (TPSA) is 96.2 Å². The summed E-state index contributed by atoms with van der Waals surface area (Å²) in [7, 11) is 2.13. The van der Waals surface area contributed by atoms with Crippen LogP contribution >= 0.6 is 0 Å². The third kappa shape index (κ3) is 3.44. The Hall–Kier alpha value is -3.00. The molecule has 2 aromatic heterocycles. The number of likely N-dealkylation sites (tertiary alicyclic amines) is 1. The number of carbonyl (C=O) groups excluding carboxylic acids is 1. The van der Waals surface area contributed by atoms with E-state index in [0.717, 1.165) is 44.3 Å². The summed E-state index contributed by atoms with van der Waals surface area (Å²) in [4.78, 5) is 14.6. The molecule has 2 aliphatic rings. The van der Waals surface area contributed by atoms with Gasteiger partial charge in [0, 0.05) is 11.5 Å². The highest BCUT2D eigenvalue weighted by atomic mass is 16.3. The van der Waals surface area contributed by atoms with E-state index >= 15 is 0 Å². The molecule has 1 aliphatic carbocycles. The number of phenolic OH excluding ortho intramolecular Hbond substituents is 1. The number of phenols is 1. The smallest absolute Gasteiger partial charge is 0.228 e. The van der Waals surface area contributed by atoms with Crippen molar-refractivity contribution >= 4 is 22.8 Å². The predicted molar refractivity (Wildman–Crippen MR) is 110 cm³/mol. The molecule has 0 radical (unpaired) electrons. The number of fused-ring (bicyclic) bond motifs is 1. The second kappa shape index (κ2) is 7.11. The number of nitrogens with zero attached hydrogens (tertiary/aromatic N) is 5. The Kier molecular flexibility index (Phi) is 4.43. The van der Waals surface area contributed by atoms with Crippen LogP contribution in [0.2, 0.25) is 0 Å². The van der Waals surface area contributed by atoms with E-state index in [1.165, 1.54) is 0 Å². The lowest BCUT2D eigenvalue weighted by atomic mass is 10.1. The van der Waals surface area contributed by atoms with Crippen LogP contribution in [0.5, 0.6) is 5.75 Å². The minimum absolute atomic E-state index is 0.00603. The van der Waals surface area contributed by atoms with Crippen molar-refractivity contribution in [2.75, 3.05) is 25.5 Å². The van der Waals surface area contributed by atoms with Crippen LogP contribution in [0.1, 0.15) is 31.7 Å². The molecular weight excluding hydrogens is 368 g/mol. The first kappa shape index (κ1) is 18.1. The molecule has 1 amide bonds. The molecule has 8 nitrogen and oxygen atoms in total. The third-order valence-corrected chi connectivity index (χ3v) is 5.86. The number of carbonyl (C=O) groups is 1. The van der Waals surface area contributed by atoms with Crippen molar-refractivity contribution in [1.29, 1.82) is 0 Å². The van der Waals surface area contributed by atoms with E-state index in [1.54, 1.807) is 12.1 Å². The lowest BCUT2D eigenvalue weighted by molar-refractivity contribution is -0.117. The average Bonchev–Trinajstić information content (AvgIpc) is 3.52. The van der Waals surface area contributed by atoms with E-state index in [4.69, 9.17) is 5.10 Å². The molecule has 0 spiro atoms. The van der Waals surface area contributed by atoms with Gasteiger partial charge < -0.3 is 15.3 Å². The zero-order valence-electron chi connectivity index (χ0n) is 16.4. The summed E-state index contributed by atoms with van der Waals surface area (Å²) in [6, 6.07) is 9.24. The van der Waals surface area contributed by atoms with Gasteiger partial charge in [0.1, 0.15) is 5.75 Å². The molecule has 150 valence electrons. The van der Waals surface area contributed by atoms with Crippen LogP contribution < -0.4 is 5.32 Å². The maximum Gasteiger partial charge on any atom is 0.228 e. The Labute approximate surface area is 168 Å². The van der Waals surface area contributed by atoms with Crippen molar-refractivity contribution < 1.29 is 9.90 Å². The van der Waals surface area contributed by atoms with Gasteiger partial charge in [-0.3, -0.25) is 9.48 Å². The van der Waals surface area contributed by atoms with E-state index in [9.17, 15) is 9.90 Å². The Balaban J connectivity index is 1.59. The first-order valence-corrected chi connectivity index (χ1v) is 10.1. The normalized spacial score (nSPS) is 18.2. The molecule has 1 aromatic carbocycles. The summed E-state index contributed by atoms with van der Waals surface area (Å²) in [6.07, 6.45) is 3.83. The third-order valence-electron chi connectivity index (χ3n) is 5.86. The summed E-state index contributed by atoms with van der Waals surface area (Å²) in [5.41, 5.74) is 2.64. The number of aromatic hydroxyl groups is 1. The SMILES string of the molecule is CN1CCC(n2nc(NC(=O)C3CC3)c3nnc(-c4ccccc4O)cc32)CC1. The minimum atomic E-state index is 0.00603. The molecular formula is C21H24N6O2. The van der Waals surface area contributed by atoms with Crippen LogP contribution in [0.15, 0.2) is 30.3 Å². The molecule has 0 atom stereocenters. The lowest BCUT2D eigenvalue weighted by Crippen LogP contribution is -2.31. The minimum Gasteiger partial charge on any atom is -0.507 e. The first-order chi connectivity index (χ1) is 14.1. The fourth-order valence-corrected chi connectivity index (χ4v) is 3.92. The molecule has 29 heavy (non-hydrogen) atoms. The quantitative estimate of drug-likeness (QED) is 0.709. The molecule has 2 fully saturated rings. The Morgan fingerprint density at radius 3 is 2.62 bits per heavy atom. The summed E-state index contributed by atoms with van der Waals surface area (Å²) < 4.78 is 1.99. The second-order valence-electron chi connectivity index (χ2n) is 8.07. The molecule has 2 N–H and O–H groups in total. The van der Waals surface area contributed by atoms with Gasteiger partial charge >= 0.3 is 0 Å². The van der Waals surface area contributed by atoms with Gasteiger partial charge in [0.05, 0.1) is 17.3 Å². The molecule has 0 unspecified atom stereocenters. The Bertz CT molecular complexity index is 1070. The van der Waals surface area contributed by atoms with Gasteiger partial charge in [-0.1, -0.05) is 12.1 Å². The number of piperidine rings is 1. The van der Waals surface area contributed by atoms with E-state index in [1.807, 2.05) is 22.9 Å². The van der Waals surface area contributed by atoms with Crippen molar-refractivity contribution in [3.05, 3.63) is 30.3 Å². The number of aromatic nitrogens is 4. The summed E-state index contributed by atoms with van der Waals surface area (Å²) in [6.45, 7) is 2.00. The average molecular weight is 392 g/mol. The number of hydrogen-bond donors (Lipinski definition) is 2. The van der Waals surface area contributed by atoms with Gasteiger partial charge in [-0.25, -0.2) is 0 Å². The van der Waals surface area contributed by atoms with E-state index in [2.05, 4.69) is 27.5 Å². The Morgan fingerprint density at radius 2 is 1.90 bits per heavy atom. The highest BCUT2D eigenvalue weighted by Crippen LogP contribution is 2.35. The maximum atomic E-state index is 12.3. The van der Waals surface area contributed by atoms with Crippen molar-refractivity contribution in [3.63, 3.8) is 0 Å². The van der Waals surface area contributed by atoms with Gasteiger partial charge in [0.2, 0.25) is 5.91 Å². The van der Waals surface area contributed by atoms with Crippen LogP contribution in [0.25, 0.3) is 22.3 Å². The summed E-state index contributed by atoms with van der Waals surface area (Å²) in [5, 5.41) is 26.6. The number of rotatable bonds is 4. The summed E-state index contributed by atoms with van der Waals surface area (Å²) >= 11 is 0. The van der Waals surface area contributed by atoms with Crippen molar-refractivity contribution in [1.82, 2.24) is 24.9 Å². The fourth-order valence-electron chi connectivity index (χ4n) is 3.92. The standard InChI is InChI=1S/C21H24N6O2/c1-26-10-8-14(9-11-26)27-17-12-16(15-4-2-3-5-18(15)28)23-24-19(17)20(25-27)22-21(29)13-6-7-13/h2-5,12-14,28H,6-11H2,1H3,(H,22,25,29). The fraction of sp³-hybridized carbons (Fsp3) is 0.429. The number of nitrogens with one attached hydrogen (secondary N) is 1. The van der Waals surface area contributed by atoms with E-state index in [-0.39, 0.29) is 23.6 Å². The molecule has 1 saturated heterocycles. The van der Waals surface area contributed by atoms with Crippen LogP contribution in [-0.2, 0) is 4.79 Å². The van der Waals surface area contributed by atoms with Crippen LogP contribution in [-0.4, -0.2) is 56.0 Å².